The lowest BCUT2D eigenvalue weighted by molar-refractivity contribution is 0.0771. The average molecular weight is 277 g/mol. The lowest BCUT2D eigenvalue weighted by Crippen LogP contribution is -2.26. The molecule has 0 radical (unpaired) electrons. The van der Waals surface area contributed by atoms with Crippen LogP contribution in [0.25, 0.3) is 0 Å². The number of rotatable bonds is 4. The molecule has 0 unspecified atom stereocenters. The lowest BCUT2D eigenvalue weighted by atomic mass is 10.1. The Morgan fingerprint density at radius 2 is 2.10 bits per heavy atom. The van der Waals surface area contributed by atoms with E-state index in [1.807, 2.05) is 19.1 Å². The number of methoxy groups -OCH3 is 1. The highest BCUT2D eigenvalue weighted by atomic mass is 19.1. The monoisotopic (exact) mass is 277 g/mol. The SMILES string of the molecule is COc1ccc(F)cc1C(=O)N(C)Cc1ccc(C)o1. The van der Waals surface area contributed by atoms with Gasteiger partial charge in [-0.1, -0.05) is 0 Å². The zero-order chi connectivity index (χ0) is 14.7. The van der Waals surface area contributed by atoms with E-state index in [2.05, 4.69) is 0 Å². The molecular formula is C15H16FNO3. The molecule has 106 valence electrons. The minimum absolute atomic E-state index is 0.193. The second-order valence-corrected chi connectivity index (χ2v) is 4.52. The largest absolute Gasteiger partial charge is 0.496 e. The molecule has 20 heavy (non-hydrogen) atoms. The molecule has 0 saturated heterocycles. The van der Waals surface area contributed by atoms with Crippen LogP contribution >= 0.6 is 0 Å². The van der Waals surface area contributed by atoms with Gasteiger partial charge in [-0.25, -0.2) is 4.39 Å². The van der Waals surface area contributed by atoms with Gasteiger partial charge in [0, 0.05) is 7.05 Å². The minimum Gasteiger partial charge on any atom is -0.496 e. The Morgan fingerprint density at radius 3 is 2.70 bits per heavy atom. The number of aryl methyl sites for hydroxylation is 1. The van der Waals surface area contributed by atoms with Crippen molar-refractivity contribution in [1.82, 2.24) is 4.90 Å². The standard InChI is InChI=1S/C15H16FNO3/c1-10-4-6-12(20-10)9-17(2)15(18)13-8-11(16)5-7-14(13)19-3/h4-8H,9H2,1-3H3. The van der Waals surface area contributed by atoms with Crippen LogP contribution in [0.5, 0.6) is 5.75 Å². The van der Waals surface area contributed by atoms with Gasteiger partial charge in [0.25, 0.3) is 5.91 Å². The molecule has 2 aromatic rings. The van der Waals surface area contributed by atoms with Crippen molar-refractivity contribution in [1.29, 1.82) is 0 Å². The fourth-order valence-corrected chi connectivity index (χ4v) is 1.93. The molecule has 0 saturated carbocycles. The van der Waals surface area contributed by atoms with Crippen LogP contribution in [0.15, 0.2) is 34.7 Å². The molecule has 4 nitrogen and oxygen atoms in total. The molecule has 0 bridgehead atoms. The van der Waals surface area contributed by atoms with E-state index in [9.17, 15) is 9.18 Å². The number of furan rings is 1. The number of amides is 1. The minimum atomic E-state index is -0.476. The van der Waals surface area contributed by atoms with Gasteiger partial charge in [0.05, 0.1) is 19.2 Å². The summed E-state index contributed by atoms with van der Waals surface area (Å²) in [6, 6.07) is 7.50. The molecule has 0 spiro atoms. The van der Waals surface area contributed by atoms with Crippen molar-refractivity contribution >= 4 is 5.91 Å². The van der Waals surface area contributed by atoms with E-state index in [4.69, 9.17) is 9.15 Å². The molecule has 1 aromatic heterocycles. The number of benzene rings is 1. The number of halogens is 1. The van der Waals surface area contributed by atoms with Gasteiger partial charge in [0.15, 0.2) is 0 Å². The maximum Gasteiger partial charge on any atom is 0.257 e. The van der Waals surface area contributed by atoms with Gasteiger partial charge in [-0.05, 0) is 37.3 Å². The normalized spacial score (nSPS) is 10.4. The Balaban J connectivity index is 2.20. The number of carbonyl (C=O) groups is 1. The topological polar surface area (TPSA) is 42.7 Å². The van der Waals surface area contributed by atoms with Crippen LogP contribution in [-0.2, 0) is 6.54 Å². The summed E-state index contributed by atoms with van der Waals surface area (Å²) >= 11 is 0. The molecule has 1 heterocycles. The summed E-state index contributed by atoms with van der Waals surface area (Å²) in [6.07, 6.45) is 0. The highest BCUT2D eigenvalue weighted by Crippen LogP contribution is 2.21. The smallest absolute Gasteiger partial charge is 0.257 e. The summed E-state index contributed by atoms with van der Waals surface area (Å²) < 4.78 is 23.8. The van der Waals surface area contributed by atoms with Crippen molar-refractivity contribution < 1.29 is 18.3 Å². The van der Waals surface area contributed by atoms with E-state index in [1.165, 1.54) is 30.2 Å². The van der Waals surface area contributed by atoms with E-state index in [1.54, 1.807) is 7.05 Å². The van der Waals surface area contributed by atoms with Crippen molar-refractivity contribution in [3.63, 3.8) is 0 Å². The molecule has 2 rings (SSSR count). The maximum absolute atomic E-state index is 13.3. The zero-order valence-corrected chi connectivity index (χ0v) is 11.6. The third-order valence-corrected chi connectivity index (χ3v) is 2.93. The summed E-state index contributed by atoms with van der Waals surface area (Å²) in [7, 11) is 3.07. The van der Waals surface area contributed by atoms with Crippen molar-refractivity contribution in [2.45, 2.75) is 13.5 Å². The molecule has 0 aliphatic heterocycles. The van der Waals surface area contributed by atoms with Gasteiger partial charge in [-0.15, -0.1) is 0 Å². The summed E-state index contributed by atoms with van der Waals surface area (Å²) in [5.41, 5.74) is 0.193. The number of hydrogen-bond donors (Lipinski definition) is 0. The Labute approximate surface area is 116 Å². The Morgan fingerprint density at radius 1 is 1.35 bits per heavy atom. The van der Waals surface area contributed by atoms with Crippen LogP contribution in [-0.4, -0.2) is 25.0 Å². The van der Waals surface area contributed by atoms with E-state index in [0.717, 1.165) is 5.76 Å². The van der Waals surface area contributed by atoms with Crippen LogP contribution < -0.4 is 4.74 Å². The molecule has 1 amide bonds. The van der Waals surface area contributed by atoms with Crippen LogP contribution in [0.1, 0.15) is 21.9 Å². The van der Waals surface area contributed by atoms with Crippen molar-refractivity contribution in [3.8, 4) is 5.75 Å². The van der Waals surface area contributed by atoms with Gasteiger partial charge in [0.1, 0.15) is 23.1 Å². The first-order valence-electron chi connectivity index (χ1n) is 6.15. The van der Waals surface area contributed by atoms with E-state index in [-0.39, 0.29) is 11.5 Å². The first-order chi connectivity index (χ1) is 9.51. The summed E-state index contributed by atoms with van der Waals surface area (Å²) in [6.45, 7) is 2.15. The van der Waals surface area contributed by atoms with E-state index in [0.29, 0.717) is 18.1 Å². The van der Waals surface area contributed by atoms with E-state index >= 15 is 0 Å². The quantitative estimate of drug-likeness (QED) is 0.862. The van der Waals surface area contributed by atoms with Crippen molar-refractivity contribution in [2.24, 2.45) is 0 Å². The van der Waals surface area contributed by atoms with Crippen LogP contribution in [0.4, 0.5) is 4.39 Å². The second kappa shape index (κ2) is 5.77. The molecule has 0 aliphatic rings. The zero-order valence-electron chi connectivity index (χ0n) is 11.6. The fourth-order valence-electron chi connectivity index (χ4n) is 1.93. The highest BCUT2D eigenvalue weighted by Gasteiger charge is 2.18. The van der Waals surface area contributed by atoms with Crippen molar-refractivity contribution in [3.05, 3.63) is 53.2 Å². The van der Waals surface area contributed by atoms with Gasteiger partial charge in [-0.3, -0.25) is 4.79 Å². The van der Waals surface area contributed by atoms with E-state index < -0.39 is 5.82 Å². The summed E-state index contributed by atoms with van der Waals surface area (Å²) in [5, 5.41) is 0. The lowest BCUT2D eigenvalue weighted by Gasteiger charge is -2.17. The molecule has 0 N–H and O–H groups in total. The van der Waals surface area contributed by atoms with Gasteiger partial charge in [-0.2, -0.15) is 0 Å². The van der Waals surface area contributed by atoms with Crippen molar-refractivity contribution in [2.75, 3.05) is 14.2 Å². The molecule has 5 heteroatoms. The molecule has 0 fully saturated rings. The number of ether oxygens (including phenoxy) is 1. The number of carbonyl (C=O) groups excluding carboxylic acids is 1. The maximum atomic E-state index is 13.3. The Hall–Kier alpha value is -2.30. The predicted molar refractivity (Wildman–Crippen MR) is 72.2 cm³/mol. The third-order valence-electron chi connectivity index (χ3n) is 2.93. The summed E-state index contributed by atoms with van der Waals surface area (Å²) in [4.78, 5) is 13.8. The van der Waals surface area contributed by atoms with Gasteiger partial charge in [0.2, 0.25) is 0 Å². The predicted octanol–water partition coefficient (Wildman–Crippen LogP) is 3.01. The number of nitrogens with zero attached hydrogens (tertiary/aromatic N) is 1. The fraction of sp³-hybridized carbons (Fsp3) is 0.267. The third kappa shape index (κ3) is 2.99. The first-order valence-corrected chi connectivity index (χ1v) is 6.15. The average Bonchev–Trinajstić information content (AvgIpc) is 2.83. The number of hydrogen-bond acceptors (Lipinski definition) is 3. The van der Waals surface area contributed by atoms with Gasteiger partial charge >= 0.3 is 0 Å². The molecule has 0 aliphatic carbocycles. The molecule has 0 atom stereocenters. The second-order valence-electron chi connectivity index (χ2n) is 4.52. The van der Waals surface area contributed by atoms with Crippen LogP contribution in [0.2, 0.25) is 0 Å². The van der Waals surface area contributed by atoms with Gasteiger partial charge < -0.3 is 14.1 Å². The molecule has 1 aromatic carbocycles. The Bertz CT molecular complexity index is 621. The first kappa shape index (κ1) is 14.1. The Kier molecular flexibility index (Phi) is 4.08. The van der Waals surface area contributed by atoms with Crippen LogP contribution in [0, 0.1) is 12.7 Å². The highest BCUT2D eigenvalue weighted by molar-refractivity contribution is 5.96. The van der Waals surface area contributed by atoms with Crippen LogP contribution in [0.3, 0.4) is 0 Å². The molecular weight excluding hydrogens is 261 g/mol. The summed E-state index contributed by atoms with van der Waals surface area (Å²) in [5.74, 6) is 1.00.